The van der Waals surface area contributed by atoms with Crippen LogP contribution >= 0.6 is 0 Å². The first-order valence-electron chi connectivity index (χ1n) is 6.72. The fraction of sp³-hybridized carbons (Fsp3) is 0.500. The Labute approximate surface area is 118 Å². The highest BCUT2D eigenvalue weighted by Crippen LogP contribution is 2.32. The number of aromatic nitrogens is 1. The predicted molar refractivity (Wildman–Crippen MR) is 82.6 cm³/mol. The van der Waals surface area contributed by atoms with Gasteiger partial charge in [0.1, 0.15) is 0 Å². The standard InChI is InChI=1S/C16H23NOSi/c1-11-9-13(10-12-7-8-17-14(11)12)16(5,6)18-19-15(2,3)4/h7-10,17H,1-6H3. The Morgan fingerprint density at radius 3 is 2.42 bits per heavy atom. The zero-order chi connectivity index (χ0) is 14.3. The van der Waals surface area contributed by atoms with E-state index < -0.39 is 0 Å². The third kappa shape index (κ3) is 3.28. The minimum absolute atomic E-state index is 0.213. The Morgan fingerprint density at radius 1 is 1.11 bits per heavy atom. The quantitative estimate of drug-likeness (QED) is 0.814. The van der Waals surface area contributed by atoms with E-state index in [-0.39, 0.29) is 10.6 Å². The molecule has 2 nitrogen and oxygen atoms in total. The lowest BCUT2D eigenvalue weighted by Crippen LogP contribution is -2.27. The molecule has 0 aliphatic heterocycles. The molecule has 0 bridgehead atoms. The van der Waals surface area contributed by atoms with Crippen LogP contribution in [0.4, 0.5) is 0 Å². The van der Waals surface area contributed by atoms with E-state index in [9.17, 15) is 0 Å². The molecule has 0 aliphatic carbocycles. The van der Waals surface area contributed by atoms with Gasteiger partial charge in [-0.15, -0.1) is 0 Å². The van der Waals surface area contributed by atoms with E-state index in [1.54, 1.807) is 0 Å². The highest BCUT2D eigenvalue weighted by atomic mass is 28.2. The number of aryl methyl sites for hydroxylation is 1. The summed E-state index contributed by atoms with van der Waals surface area (Å²) in [6.45, 7) is 13.1. The van der Waals surface area contributed by atoms with Crippen LogP contribution < -0.4 is 0 Å². The summed E-state index contributed by atoms with van der Waals surface area (Å²) < 4.78 is 6.18. The zero-order valence-electron chi connectivity index (χ0n) is 12.7. The largest absolute Gasteiger partial charge is 0.408 e. The molecule has 0 amide bonds. The first-order chi connectivity index (χ1) is 8.69. The smallest absolute Gasteiger partial charge is 0.236 e. The molecule has 1 aromatic heterocycles. The fourth-order valence-corrected chi connectivity index (χ4v) is 2.72. The lowest BCUT2D eigenvalue weighted by molar-refractivity contribution is 0.109. The predicted octanol–water partition coefficient (Wildman–Crippen LogP) is 4.57. The number of benzene rings is 1. The Balaban J connectivity index is 2.31. The second kappa shape index (κ2) is 4.80. The van der Waals surface area contributed by atoms with Crippen LogP contribution in [0.15, 0.2) is 24.4 Å². The molecule has 0 aliphatic rings. The van der Waals surface area contributed by atoms with Gasteiger partial charge in [-0.2, -0.15) is 0 Å². The number of rotatable bonds is 3. The number of nitrogens with one attached hydrogen (secondary N) is 1. The van der Waals surface area contributed by atoms with E-state index in [1.807, 2.05) is 6.20 Å². The molecule has 0 spiro atoms. The van der Waals surface area contributed by atoms with Gasteiger partial charge >= 0.3 is 0 Å². The highest BCUT2D eigenvalue weighted by molar-refractivity contribution is 6.31. The van der Waals surface area contributed by atoms with Crippen molar-refractivity contribution in [2.45, 2.75) is 52.2 Å². The number of hydrogen-bond acceptors (Lipinski definition) is 1. The van der Waals surface area contributed by atoms with Crippen LogP contribution in [0.2, 0.25) is 5.04 Å². The number of aromatic amines is 1. The van der Waals surface area contributed by atoms with Crippen molar-refractivity contribution in [3.05, 3.63) is 35.5 Å². The Hall–Kier alpha value is -1.06. The maximum atomic E-state index is 6.18. The molecule has 3 heteroatoms. The van der Waals surface area contributed by atoms with E-state index in [0.717, 1.165) is 0 Å². The molecule has 0 fully saturated rings. The zero-order valence-corrected chi connectivity index (χ0v) is 13.7. The molecule has 2 aromatic rings. The monoisotopic (exact) mass is 273 g/mol. The number of fused-ring (bicyclic) bond motifs is 1. The van der Waals surface area contributed by atoms with Gasteiger partial charge in [-0.3, -0.25) is 0 Å². The molecule has 1 aromatic carbocycles. The van der Waals surface area contributed by atoms with Gasteiger partial charge < -0.3 is 9.41 Å². The van der Waals surface area contributed by atoms with Gasteiger partial charge in [0.05, 0.1) is 5.60 Å². The summed E-state index contributed by atoms with van der Waals surface area (Å²) in [4.78, 5) is 3.28. The van der Waals surface area contributed by atoms with Crippen LogP contribution in [0.5, 0.6) is 0 Å². The van der Waals surface area contributed by atoms with E-state index in [0.29, 0.717) is 9.76 Å². The Bertz CT molecular complexity index is 578. The highest BCUT2D eigenvalue weighted by Gasteiger charge is 2.26. The molecule has 2 radical (unpaired) electrons. The van der Waals surface area contributed by atoms with Crippen molar-refractivity contribution in [1.82, 2.24) is 4.98 Å². The second-order valence-corrected chi connectivity index (χ2v) is 8.61. The summed E-state index contributed by atoms with van der Waals surface area (Å²) in [7, 11) is 0.492. The van der Waals surface area contributed by atoms with Gasteiger partial charge in [0.15, 0.2) is 0 Å². The summed E-state index contributed by atoms with van der Waals surface area (Å²) in [6.07, 6.45) is 1.99. The van der Waals surface area contributed by atoms with E-state index in [2.05, 4.69) is 64.7 Å². The number of hydrogen-bond donors (Lipinski definition) is 1. The van der Waals surface area contributed by atoms with Crippen LogP contribution in [0.25, 0.3) is 10.9 Å². The minimum Gasteiger partial charge on any atom is -0.408 e. The van der Waals surface area contributed by atoms with Crippen molar-refractivity contribution in [3.63, 3.8) is 0 Å². The molecular weight excluding hydrogens is 250 g/mol. The average molecular weight is 273 g/mol. The van der Waals surface area contributed by atoms with Crippen molar-refractivity contribution < 1.29 is 4.43 Å². The molecule has 0 atom stereocenters. The van der Waals surface area contributed by atoms with Crippen LogP contribution in [-0.4, -0.2) is 14.7 Å². The fourth-order valence-electron chi connectivity index (χ4n) is 2.05. The Morgan fingerprint density at radius 2 is 1.79 bits per heavy atom. The van der Waals surface area contributed by atoms with Crippen molar-refractivity contribution in [2.75, 3.05) is 0 Å². The summed E-state index contributed by atoms with van der Waals surface area (Å²) >= 11 is 0. The first-order valence-corrected chi connectivity index (χ1v) is 7.63. The molecule has 2 rings (SSSR count). The van der Waals surface area contributed by atoms with Gasteiger partial charge in [-0.05, 0) is 49.1 Å². The van der Waals surface area contributed by atoms with Crippen molar-refractivity contribution in [3.8, 4) is 0 Å². The van der Waals surface area contributed by atoms with Crippen molar-refractivity contribution in [1.29, 1.82) is 0 Å². The van der Waals surface area contributed by atoms with Gasteiger partial charge in [0, 0.05) is 17.1 Å². The molecular formula is C16H23NOSi. The maximum absolute atomic E-state index is 6.18. The molecule has 19 heavy (non-hydrogen) atoms. The van der Waals surface area contributed by atoms with E-state index >= 15 is 0 Å². The summed E-state index contributed by atoms with van der Waals surface area (Å²) in [5, 5.41) is 1.47. The average Bonchev–Trinajstić information content (AvgIpc) is 2.74. The van der Waals surface area contributed by atoms with E-state index in [1.165, 1.54) is 22.0 Å². The topological polar surface area (TPSA) is 25.0 Å². The van der Waals surface area contributed by atoms with Crippen LogP contribution in [-0.2, 0) is 10.0 Å². The lowest BCUT2D eigenvalue weighted by atomic mass is 9.95. The third-order valence-corrected chi connectivity index (χ3v) is 4.39. The van der Waals surface area contributed by atoms with Crippen LogP contribution in [0, 0.1) is 6.92 Å². The summed E-state index contributed by atoms with van der Waals surface area (Å²) in [6, 6.07) is 6.58. The molecule has 0 unspecified atom stereocenters. The van der Waals surface area contributed by atoms with Crippen molar-refractivity contribution in [2.24, 2.45) is 0 Å². The Kier molecular flexibility index (Phi) is 3.62. The second-order valence-electron chi connectivity index (χ2n) is 6.70. The van der Waals surface area contributed by atoms with Gasteiger partial charge in [-0.1, -0.05) is 26.8 Å². The van der Waals surface area contributed by atoms with Gasteiger partial charge in [0.25, 0.3) is 0 Å². The molecule has 1 N–H and O–H groups in total. The first kappa shape index (κ1) is 14.3. The number of H-pyrrole nitrogens is 1. The van der Waals surface area contributed by atoms with Gasteiger partial charge in [0.2, 0.25) is 9.76 Å². The SMILES string of the molecule is Cc1cc(C(C)(C)O[Si]C(C)(C)C)cc2cc[nH]c12. The maximum Gasteiger partial charge on any atom is 0.236 e. The summed E-state index contributed by atoms with van der Waals surface area (Å²) in [5.74, 6) is 0. The van der Waals surface area contributed by atoms with Crippen molar-refractivity contribution >= 4 is 20.7 Å². The third-order valence-electron chi connectivity index (χ3n) is 3.16. The minimum atomic E-state index is -0.248. The molecule has 1 heterocycles. The van der Waals surface area contributed by atoms with E-state index in [4.69, 9.17) is 4.43 Å². The summed E-state index contributed by atoms with van der Waals surface area (Å²) in [5.41, 5.74) is 3.49. The van der Waals surface area contributed by atoms with Gasteiger partial charge in [-0.25, -0.2) is 0 Å². The molecule has 0 saturated heterocycles. The normalized spacial score (nSPS) is 13.2. The van der Waals surface area contributed by atoms with Crippen LogP contribution in [0.3, 0.4) is 0 Å². The van der Waals surface area contributed by atoms with Crippen LogP contribution in [0.1, 0.15) is 45.7 Å². The lowest BCUT2D eigenvalue weighted by Gasteiger charge is -2.30. The molecule has 0 saturated carbocycles. The molecule has 102 valence electrons.